The lowest BCUT2D eigenvalue weighted by molar-refractivity contribution is -0.141. The average molecular weight is 475 g/mol. The summed E-state index contributed by atoms with van der Waals surface area (Å²) in [4.78, 5) is 29.8. The van der Waals surface area contributed by atoms with E-state index in [0.717, 1.165) is 28.9 Å². The lowest BCUT2D eigenvalue weighted by Gasteiger charge is -2.31. The third-order valence-electron chi connectivity index (χ3n) is 5.62. The van der Waals surface area contributed by atoms with Crippen LogP contribution in [0.5, 0.6) is 0 Å². The quantitative estimate of drug-likeness (QED) is 0.254. The molecule has 2 amide bonds. The van der Waals surface area contributed by atoms with Gasteiger partial charge in [0.25, 0.3) is 0 Å². The van der Waals surface area contributed by atoms with Gasteiger partial charge in [-0.05, 0) is 29.7 Å². The number of thioether (sulfide) groups is 1. The second kappa shape index (κ2) is 14.3. The summed E-state index contributed by atoms with van der Waals surface area (Å²) in [5, 5.41) is 3.07. The van der Waals surface area contributed by atoms with Crippen LogP contribution in [-0.2, 0) is 22.6 Å². The van der Waals surface area contributed by atoms with E-state index in [4.69, 9.17) is 0 Å². The number of nitrogens with one attached hydrogen (secondary N) is 1. The molecule has 0 saturated carbocycles. The first-order valence-electron chi connectivity index (χ1n) is 12.0. The third kappa shape index (κ3) is 8.38. The van der Waals surface area contributed by atoms with E-state index < -0.39 is 6.04 Å². The normalized spacial score (nSPS) is 11.6. The molecule has 0 fully saturated rings. The highest BCUT2D eigenvalue weighted by Gasteiger charge is 2.30. The molecule has 0 bridgehead atoms. The summed E-state index contributed by atoms with van der Waals surface area (Å²) in [7, 11) is 0. The van der Waals surface area contributed by atoms with Crippen molar-refractivity contribution >= 4 is 23.6 Å². The van der Waals surface area contributed by atoms with E-state index in [2.05, 4.69) is 24.4 Å². The van der Waals surface area contributed by atoms with Crippen molar-refractivity contribution in [3.8, 4) is 0 Å². The van der Waals surface area contributed by atoms with Gasteiger partial charge in [0.2, 0.25) is 11.8 Å². The molecule has 0 aliphatic carbocycles. The number of hydrogen-bond acceptors (Lipinski definition) is 3. The average Bonchev–Trinajstić information content (AvgIpc) is 2.88. The number of hydrogen-bond donors (Lipinski definition) is 1. The molecular weight excluding hydrogens is 440 g/mol. The van der Waals surface area contributed by atoms with Crippen molar-refractivity contribution in [3.63, 3.8) is 0 Å². The van der Waals surface area contributed by atoms with E-state index in [0.29, 0.717) is 31.7 Å². The first kappa shape index (κ1) is 25.6. The van der Waals surface area contributed by atoms with E-state index in [1.807, 2.05) is 78.9 Å². The fourth-order valence-corrected chi connectivity index (χ4v) is 4.62. The molecule has 0 saturated heterocycles. The minimum absolute atomic E-state index is 0.00106. The first-order valence-corrected chi connectivity index (χ1v) is 13.0. The van der Waals surface area contributed by atoms with Crippen molar-refractivity contribution in [2.75, 3.05) is 12.3 Å². The number of carbonyl (C=O) groups excluding carboxylic acids is 2. The van der Waals surface area contributed by atoms with Gasteiger partial charge in [0, 0.05) is 36.6 Å². The van der Waals surface area contributed by atoms with Gasteiger partial charge in [0.05, 0.1) is 0 Å². The van der Waals surface area contributed by atoms with Crippen LogP contribution in [0.4, 0.5) is 0 Å². The van der Waals surface area contributed by atoms with Gasteiger partial charge in [-0.15, -0.1) is 11.8 Å². The van der Waals surface area contributed by atoms with Crippen molar-refractivity contribution < 1.29 is 9.59 Å². The van der Waals surface area contributed by atoms with Crippen LogP contribution < -0.4 is 5.32 Å². The van der Waals surface area contributed by atoms with Gasteiger partial charge in [-0.2, -0.15) is 0 Å². The Hall–Kier alpha value is -3.05. The third-order valence-corrected chi connectivity index (χ3v) is 6.64. The molecule has 5 heteroatoms. The van der Waals surface area contributed by atoms with Crippen molar-refractivity contribution in [1.82, 2.24) is 10.2 Å². The molecule has 3 rings (SSSR count). The minimum Gasteiger partial charge on any atom is -0.354 e. The van der Waals surface area contributed by atoms with Crippen LogP contribution in [0.15, 0.2) is 95.9 Å². The Morgan fingerprint density at radius 2 is 1.44 bits per heavy atom. The minimum atomic E-state index is -0.561. The molecule has 1 N–H and O–H groups in total. The van der Waals surface area contributed by atoms with E-state index >= 15 is 0 Å². The van der Waals surface area contributed by atoms with Crippen LogP contribution in [-0.4, -0.2) is 35.1 Å². The van der Waals surface area contributed by atoms with Crippen molar-refractivity contribution in [3.05, 3.63) is 102 Å². The van der Waals surface area contributed by atoms with E-state index in [-0.39, 0.29) is 11.8 Å². The van der Waals surface area contributed by atoms with Gasteiger partial charge in [0.1, 0.15) is 6.04 Å². The molecule has 34 heavy (non-hydrogen) atoms. The monoisotopic (exact) mass is 474 g/mol. The maximum atomic E-state index is 13.5. The molecule has 178 valence electrons. The van der Waals surface area contributed by atoms with Crippen LogP contribution in [0, 0.1) is 0 Å². The van der Waals surface area contributed by atoms with Crippen molar-refractivity contribution in [2.45, 2.75) is 50.1 Å². The number of amides is 2. The highest BCUT2D eigenvalue weighted by molar-refractivity contribution is 7.99. The number of carbonyl (C=O) groups is 2. The predicted octanol–water partition coefficient (Wildman–Crippen LogP) is 5.73. The zero-order chi connectivity index (χ0) is 24.0. The Balaban J connectivity index is 1.80. The molecule has 1 atom stereocenters. The maximum Gasteiger partial charge on any atom is 0.243 e. The summed E-state index contributed by atoms with van der Waals surface area (Å²) in [5.74, 6) is 0.583. The molecule has 0 heterocycles. The highest BCUT2D eigenvalue weighted by Crippen LogP contribution is 2.20. The first-order chi connectivity index (χ1) is 16.7. The Labute approximate surface area is 207 Å². The molecular formula is C29H34N2O2S. The second-order valence-electron chi connectivity index (χ2n) is 8.27. The summed E-state index contributed by atoms with van der Waals surface area (Å²) in [5.41, 5.74) is 2.06. The van der Waals surface area contributed by atoms with Crippen LogP contribution in [0.1, 0.15) is 37.3 Å². The summed E-state index contributed by atoms with van der Waals surface area (Å²) >= 11 is 1.67. The Morgan fingerprint density at radius 1 is 0.853 bits per heavy atom. The Kier molecular flexibility index (Phi) is 10.7. The zero-order valence-corrected chi connectivity index (χ0v) is 20.7. The molecule has 3 aromatic carbocycles. The number of rotatable bonds is 13. The van der Waals surface area contributed by atoms with E-state index in [1.54, 1.807) is 16.7 Å². The van der Waals surface area contributed by atoms with Crippen molar-refractivity contribution in [1.29, 1.82) is 0 Å². The zero-order valence-electron chi connectivity index (χ0n) is 19.9. The highest BCUT2D eigenvalue weighted by atomic mass is 32.2. The standard InChI is InChI=1S/C29H34N2O2S/c1-2-3-20-30-29(33)27(22-24-13-7-4-8-14-24)31(23-25-15-9-5-10-16-25)28(32)19-21-34-26-17-11-6-12-18-26/h4-18,27H,2-3,19-23H2,1H3,(H,30,33)/t27-/m1/s1. The summed E-state index contributed by atoms with van der Waals surface area (Å²) in [6, 6.07) is 29.4. The Morgan fingerprint density at radius 3 is 2.06 bits per heavy atom. The molecule has 0 aromatic heterocycles. The second-order valence-corrected chi connectivity index (χ2v) is 9.44. The van der Waals surface area contributed by atoms with Gasteiger partial charge in [-0.25, -0.2) is 0 Å². The van der Waals surface area contributed by atoms with Gasteiger partial charge in [-0.1, -0.05) is 92.2 Å². The molecule has 0 aliphatic heterocycles. The van der Waals surface area contributed by atoms with E-state index in [1.165, 1.54) is 0 Å². The van der Waals surface area contributed by atoms with E-state index in [9.17, 15) is 9.59 Å². The van der Waals surface area contributed by atoms with Gasteiger partial charge in [0.15, 0.2) is 0 Å². The molecule has 0 unspecified atom stereocenters. The van der Waals surface area contributed by atoms with Crippen LogP contribution >= 0.6 is 11.8 Å². The van der Waals surface area contributed by atoms with Crippen LogP contribution in [0.3, 0.4) is 0 Å². The molecule has 0 aliphatic rings. The fourth-order valence-electron chi connectivity index (χ4n) is 3.76. The SMILES string of the molecule is CCCCNC(=O)[C@@H](Cc1ccccc1)N(Cc1ccccc1)C(=O)CCSc1ccccc1. The van der Waals surface area contributed by atoms with Gasteiger partial charge < -0.3 is 10.2 Å². The summed E-state index contributed by atoms with van der Waals surface area (Å²) in [6.07, 6.45) is 2.79. The lowest BCUT2D eigenvalue weighted by Crippen LogP contribution is -2.50. The summed E-state index contributed by atoms with van der Waals surface area (Å²) in [6.45, 7) is 3.13. The summed E-state index contributed by atoms with van der Waals surface area (Å²) < 4.78 is 0. The number of unbranched alkanes of at least 4 members (excludes halogenated alkanes) is 1. The fraction of sp³-hybridized carbons (Fsp3) is 0.310. The number of benzene rings is 3. The molecule has 0 radical (unpaired) electrons. The van der Waals surface area contributed by atoms with Gasteiger partial charge >= 0.3 is 0 Å². The molecule has 0 spiro atoms. The van der Waals surface area contributed by atoms with Crippen LogP contribution in [0.25, 0.3) is 0 Å². The maximum absolute atomic E-state index is 13.5. The van der Waals surface area contributed by atoms with Crippen LogP contribution in [0.2, 0.25) is 0 Å². The largest absolute Gasteiger partial charge is 0.354 e. The topological polar surface area (TPSA) is 49.4 Å². The molecule has 4 nitrogen and oxygen atoms in total. The lowest BCUT2D eigenvalue weighted by atomic mass is 10.0. The smallest absolute Gasteiger partial charge is 0.243 e. The number of nitrogens with zero attached hydrogens (tertiary/aromatic N) is 1. The molecule has 3 aromatic rings. The Bertz CT molecular complexity index is 996. The predicted molar refractivity (Wildman–Crippen MR) is 141 cm³/mol. The van der Waals surface area contributed by atoms with Gasteiger partial charge in [-0.3, -0.25) is 9.59 Å². The van der Waals surface area contributed by atoms with Crippen molar-refractivity contribution in [2.24, 2.45) is 0 Å².